The summed E-state index contributed by atoms with van der Waals surface area (Å²) in [6.45, 7) is 0. The summed E-state index contributed by atoms with van der Waals surface area (Å²) in [5.74, 6) is -2.42. The fourth-order valence-corrected chi connectivity index (χ4v) is 3.62. The van der Waals surface area contributed by atoms with E-state index in [9.17, 15) is 26.7 Å². The van der Waals surface area contributed by atoms with Crippen LogP contribution in [-0.4, -0.2) is 18.0 Å². The van der Waals surface area contributed by atoms with Crippen molar-refractivity contribution in [3.63, 3.8) is 0 Å². The molecule has 2 aromatic carbocycles. The number of hydrogen-bond donors (Lipinski definition) is 1. The minimum Gasteiger partial charge on any atom is -0.496 e. The standard InChI is InChI=1S/C24H17F5N2O2/c1-33-20-9-6-17(25)23(26)22(20)14-11-16-18(30-12-14)7-8-19(16)31-21(32)10-13-2-4-15(5-3-13)24(27,28)29/h2-6,8-9,11-12H,7,10H2,1H3,(H,31,32). The van der Waals surface area contributed by atoms with Gasteiger partial charge in [-0.15, -0.1) is 0 Å². The molecule has 9 heteroatoms. The van der Waals surface area contributed by atoms with Crippen LogP contribution in [0, 0.1) is 11.6 Å². The van der Waals surface area contributed by atoms with E-state index < -0.39 is 29.3 Å². The van der Waals surface area contributed by atoms with Gasteiger partial charge in [0.05, 0.1) is 30.4 Å². The maximum atomic E-state index is 14.5. The summed E-state index contributed by atoms with van der Waals surface area (Å²) in [4.78, 5) is 16.8. The normalized spacial score (nSPS) is 12.8. The van der Waals surface area contributed by atoms with E-state index in [1.807, 2.05) is 0 Å². The summed E-state index contributed by atoms with van der Waals surface area (Å²) in [6, 6.07) is 8.19. The molecule has 1 N–H and O–H groups in total. The molecule has 1 amide bonds. The zero-order chi connectivity index (χ0) is 23.8. The molecule has 1 aromatic heterocycles. The molecule has 3 aromatic rings. The Morgan fingerprint density at radius 1 is 1.12 bits per heavy atom. The highest BCUT2D eigenvalue weighted by Gasteiger charge is 2.30. The number of halogens is 5. The number of carbonyl (C=O) groups is 1. The molecule has 1 aliphatic carbocycles. The highest BCUT2D eigenvalue weighted by Crippen LogP contribution is 2.36. The molecule has 0 saturated heterocycles. The van der Waals surface area contributed by atoms with Gasteiger partial charge in [0.25, 0.3) is 0 Å². The van der Waals surface area contributed by atoms with E-state index in [4.69, 9.17) is 4.74 Å². The molecule has 4 rings (SSSR count). The number of benzene rings is 2. The van der Waals surface area contributed by atoms with Crippen LogP contribution in [0.15, 0.2) is 54.7 Å². The Hall–Kier alpha value is -3.75. The van der Waals surface area contributed by atoms with Gasteiger partial charge < -0.3 is 10.1 Å². The third-order valence-electron chi connectivity index (χ3n) is 5.25. The number of allylic oxidation sites excluding steroid dienone is 1. The molecule has 0 saturated carbocycles. The number of amides is 1. The Bertz CT molecular complexity index is 1250. The van der Waals surface area contributed by atoms with Gasteiger partial charge in [-0.1, -0.05) is 18.2 Å². The fraction of sp³-hybridized carbons (Fsp3) is 0.167. The average molecular weight is 460 g/mol. The van der Waals surface area contributed by atoms with Gasteiger partial charge in [-0.2, -0.15) is 13.2 Å². The summed E-state index contributed by atoms with van der Waals surface area (Å²) in [6.07, 6.45) is -1.03. The summed E-state index contributed by atoms with van der Waals surface area (Å²) >= 11 is 0. The molecular formula is C24H17F5N2O2. The summed E-state index contributed by atoms with van der Waals surface area (Å²) in [7, 11) is 1.34. The van der Waals surface area contributed by atoms with Gasteiger partial charge in [0.2, 0.25) is 5.91 Å². The summed E-state index contributed by atoms with van der Waals surface area (Å²) < 4.78 is 71.6. The second-order valence-electron chi connectivity index (χ2n) is 7.40. The predicted octanol–water partition coefficient (Wildman–Crippen LogP) is 5.31. The van der Waals surface area contributed by atoms with Gasteiger partial charge in [0.1, 0.15) is 5.75 Å². The van der Waals surface area contributed by atoms with E-state index in [1.165, 1.54) is 31.5 Å². The zero-order valence-corrected chi connectivity index (χ0v) is 17.3. The minimum absolute atomic E-state index is 0.0878. The highest BCUT2D eigenvalue weighted by molar-refractivity contribution is 5.90. The minimum atomic E-state index is -4.45. The largest absolute Gasteiger partial charge is 0.496 e. The topological polar surface area (TPSA) is 51.2 Å². The molecule has 0 spiro atoms. The lowest BCUT2D eigenvalue weighted by Crippen LogP contribution is -2.23. The number of rotatable bonds is 5. The number of fused-ring (bicyclic) bond motifs is 1. The first-order valence-electron chi connectivity index (χ1n) is 9.85. The first-order valence-corrected chi connectivity index (χ1v) is 9.85. The first kappa shape index (κ1) is 22.4. The van der Waals surface area contributed by atoms with Crippen LogP contribution in [0.25, 0.3) is 16.8 Å². The number of aromatic nitrogens is 1. The van der Waals surface area contributed by atoms with Gasteiger partial charge in [-0.3, -0.25) is 9.78 Å². The van der Waals surface area contributed by atoms with Crippen LogP contribution >= 0.6 is 0 Å². The van der Waals surface area contributed by atoms with Gasteiger partial charge in [-0.05, 0) is 35.9 Å². The van der Waals surface area contributed by atoms with Crippen LogP contribution in [0.3, 0.4) is 0 Å². The number of carbonyl (C=O) groups excluding carboxylic acids is 1. The number of pyridine rings is 1. The van der Waals surface area contributed by atoms with Crippen molar-refractivity contribution in [3.8, 4) is 16.9 Å². The van der Waals surface area contributed by atoms with Crippen molar-refractivity contribution in [1.29, 1.82) is 0 Å². The van der Waals surface area contributed by atoms with Crippen molar-refractivity contribution < 1.29 is 31.5 Å². The number of methoxy groups -OCH3 is 1. The second kappa shape index (κ2) is 8.65. The Morgan fingerprint density at radius 3 is 2.52 bits per heavy atom. The zero-order valence-electron chi connectivity index (χ0n) is 17.3. The van der Waals surface area contributed by atoms with Crippen LogP contribution in [0.1, 0.15) is 22.4 Å². The van der Waals surface area contributed by atoms with Crippen LogP contribution in [0.4, 0.5) is 22.0 Å². The molecular weight excluding hydrogens is 443 g/mol. The smallest absolute Gasteiger partial charge is 0.416 e. The lowest BCUT2D eigenvalue weighted by Gasteiger charge is -2.13. The van der Waals surface area contributed by atoms with E-state index in [-0.39, 0.29) is 23.3 Å². The third-order valence-corrected chi connectivity index (χ3v) is 5.25. The Labute approximate surface area is 185 Å². The van der Waals surface area contributed by atoms with E-state index in [0.29, 0.717) is 28.9 Å². The molecule has 0 unspecified atom stereocenters. The fourth-order valence-electron chi connectivity index (χ4n) is 3.62. The quantitative estimate of drug-likeness (QED) is 0.525. The summed E-state index contributed by atoms with van der Waals surface area (Å²) in [5, 5.41) is 2.72. The molecule has 0 atom stereocenters. The van der Waals surface area contributed by atoms with Crippen molar-refractivity contribution in [2.24, 2.45) is 0 Å². The number of nitrogens with one attached hydrogen (secondary N) is 1. The molecule has 0 aliphatic heterocycles. The van der Waals surface area contributed by atoms with Gasteiger partial charge >= 0.3 is 6.18 Å². The van der Waals surface area contributed by atoms with Crippen LogP contribution in [-0.2, 0) is 23.8 Å². The highest BCUT2D eigenvalue weighted by atomic mass is 19.4. The second-order valence-corrected chi connectivity index (χ2v) is 7.40. The van der Waals surface area contributed by atoms with Gasteiger partial charge in [0.15, 0.2) is 11.6 Å². The first-order chi connectivity index (χ1) is 15.7. The molecule has 0 radical (unpaired) electrons. The van der Waals surface area contributed by atoms with Crippen LogP contribution in [0.2, 0.25) is 0 Å². The molecule has 170 valence electrons. The molecule has 33 heavy (non-hydrogen) atoms. The molecule has 1 aliphatic rings. The Kier molecular flexibility index (Phi) is 5.88. The predicted molar refractivity (Wildman–Crippen MR) is 111 cm³/mol. The number of hydrogen-bond acceptors (Lipinski definition) is 3. The lowest BCUT2D eigenvalue weighted by atomic mass is 10.0. The van der Waals surface area contributed by atoms with E-state index in [2.05, 4.69) is 10.3 Å². The Morgan fingerprint density at radius 2 is 1.85 bits per heavy atom. The number of ether oxygens (including phenoxy) is 1. The van der Waals surface area contributed by atoms with Crippen molar-refractivity contribution >= 4 is 11.6 Å². The molecule has 1 heterocycles. The van der Waals surface area contributed by atoms with E-state index in [1.54, 1.807) is 12.1 Å². The van der Waals surface area contributed by atoms with E-state index in [0.717, 1.165) is 18.2 Å². The van der Waals surface area contributed by atoms with Crippen molar-refractivity contribution in [2.75, 3.05) is 7.11 Å². The average Bonchev–Trinajstić information content (AvgIpc) is 3.17. The summed E-state index contributed by atoms with van der Waals surface area (Å²) in [5.41, 5.74) is 1.42. The SMILES string of the molecule is COc1ccc(F)c(F)c1-c1cnc2c(c1)C(NC(=O)Cc1ccc(C(F)(F)F)cc1)=CC2. The van der Waals surface area contributed by atoms with Crippen LogP contribution in [0.5, 0.6) is 5.75 Å². The van der Waals surface area contributed by atoms with Gasteiger partial charge in [-0.25, -0.2) is 8.78 Å². The number of nitrogens with zero attached hydrogens (tertiary/aromatic N) is 1. The maximum absolute atomic E-state index is 14.5. The van der Waals surface area contributed by atoms with Crippen molar-refractivity contribution in [2.45, 2.75) is 19.0 Å². The van der Waals surface area contributed by atoms with Crippen molar-refractivity contribution in [3.05, 3.63) is 88.8 Å². The maximum Gasteiger partial charge on any atom is 0.416 e. The third kappa shape index (κ3) is 4.57. The van der Waals surface area contributed by atoms with Crippen molar-refractivity contribution in [1.82, 2.24) is 10.3 Å². The van der Waals surface area contributed by atoms with Crippen LogP contribution < -0.4 is 10.1 Å². The number of alkyl halides is 3. The van der Waals surface area contributed by atoms with Gasteiger partial charge in [0, 0.05) is 29.4 Å². The molecule has 0 bridgehead atoms. The monoisotopic (exact) mass is 460 g/mol. The molecule has 0 fully saturated rings. The lowest BCUT2D eigenvalue weighted by molar-refractivity contribution is -0.137. The van der Waals surface area contributed by atoms with E-state index >= 15 is 0 Å². The Balaban J connectivity index is 1.54. The molecule has 4 nitrogen and oxygen atoms in total.